The van der Waals surface area contributed by atoms with Gasteiger partial charge in [-0.2, -0.15) is 4.72 Å². The summed E-state index contributed by atoms with van der Waals surface area (Å²) in [6.45, 7) is 2.16. The number of hydrogen-bond acceptors (Lipinski definition) is 5. The van der Waals surface area contributed by atoms with Crippen LogP contribution in [0, 0.1) is 0 Å². The Balaban J connectivity index is 2.28. The summed E-state index contributed by atoms with van der Waals surface area (Å²) in [6.07, 6.45) is 0. The van der Waals surface area contributed by atoms with Gasteiger partial charge in [-0.25, -0.2) is 8.42 Å². The zero-order valence-corrected chi connectivity index (χ0v) is 11.1. The fourth-order valence-corrected chi connectivity index (χ4v) is 2.78. The van der Waals surface area contributed by atoms with Crippen LogP contribution in [0.3, 0.4) is 0 Å². The third-order valence-corrected chi connectivity index (χ3v) is 4.12. The van der Waals surface area contributed by atoms with E-state index in [4.69, 9.17) is 15.2 Å². The van der Waals surface area contributed by atoms with Crippen LogP contribution in [0.4, 0.5) is 0 Å². The lowest BCUT2D eigenvalue weighted by molar-refractivity contribution is -0.119. The van der Waals surface area contributed by atoms with Crippen LogP contribution in [0.2, 0.25) is 0 Å². The molecular formula is C11H14N2O5S. The highest BCUT2D eigenvalue weighted by Crippen LogP contribution is 2.32. The zero-order chi connectivity index (χ0) is 14.0. The first-order chi connectivity index (χ1) is 8.90. The molecule has 104 valence electrons. The molecule has 3 N–H and O–H groups in total. The van der Waals surface area contributed by atoms with E-state index in [2.05, 4.69) is 4.72 Å². The number of nitrogens with two attached hydrogens (primary N) is 1. The summed E-state index contributed by atoms with van der Waals surface area (Å²) in [6, 6.07) is 3.25. The SMILES string of the molecule is CC(NS(=O)(=O)c1ccc2c(c1)OCCO2)C(N)=O. The predicted molar refractivity (Wildman–Crippen MR) is 66.4 cm³/mol. The van der Waals surface area contributed by atoms with Crippen molar-refractivity contribution < 1.29 is 22.7 Å². The Morgan fingerprint density at radius 3 is 2.58 bits per heavy atom. The van der Waals surface area contributed by atoms with Crippen molar-refractivity contribution in [2.45, 2.75) is 17.9 Å². The van der Waals surface area contributed by atoms with E-state index in [9.17, 15) is 13.2 Å². The van der Waals surface area contributed by atoms with Crippen LogP contribution in [0.1, 0.15) is 6.92 Å². The van der Waals surface area contributed by atoms with Gasteiger partial charge >= 0.3 is 0 Å². The number of primary amides is 1. The molecule has 1 unspecified atom stereocenters. The Kier molecular flexibility index (Phi) is 3.63. The first kappa shape index (κ1) is 13.6. The highest BCUT2D eigenvalue weighted by Gasteiger charge is 2.22. The number of hydrogen-bond donors (Lipinski definition) is 2. The molecule has 0 saturated carbocycles. The lowest BCUT2D eigenvalue weighted by Gasteiger charge is -2.19. The summed E-state index contributed by atoms with van der Waals surface area (Å²) in [5.74, 6) is 0.107. The van der Waals surface area contributed by atoms with Gasteiger partial charge < -0.3 is 15.2 Å². The average molecular weight is 286 g/mol. The highest BCUT2D eigenvalue weighted by atomic mass is 32.2. The van der Waals surface area contributed by atoms with E-state index < -0.39 is 22.0 Å². The number of nitrogens with one attached hydrogen (secondary N) is 1. The molecule has 1 heterocycles. The van der Waals surface area contributed by atoms with Crippen molar-refractivity contribution in [1.29, 1.82) is 0 Å². The summed E-state index contributed by atoms with van der Waals surface area (Å²) in [4.78, 5) is 10.9. The van der Waals surface area contributed by atoms with Gasteiger partial charge in [0.1, 0.15) is 13.2 Å². The van der Waals surface area contributed by atoms with Crippen LogP contribution in [0.15, 0.2) is 23.1 Å². The van der Waals surface area contributed by atoms with Gasteiger partial charge in [-0.1, -0.05) is 0 Å². The Labute approximate surface area is 110 Å². The number of benzene rings is 1. The number of carbonyl (C=O) groups excluding carboxylic acids is 1. The largest absolute Gasteiger partial charge is 0.486 e. The van der Waals surface area contributed by atoms with Gasteiger partial charge in [0, 0.05) is 6.07 Å². The van der Waals surface area contributed by atoms with E-state index in [0.29, 0.717) is 24.7 Å². The second kappa shape index (κ2) is 5.06. The number of fused-ring (bicyclic) bond motifs is 1. The maximum absolute atomic E-state index is 12.0. The molecule has 1 aromatic rings. The molecule has 1 aromatic carbocycles. The van der Waals surface area contributed by atoms with Crippen molar-refractivity contribution >= 4 is 15.9 Å². The Hall–Kier alpha value is -1.80. The lowest BCUT2D eigenvalue weighted by Crippen LogP contribution is -2.42. The van der Waals surface area contributed by atoms with E-state index in [1.807, 2.05) is 0 Å². The number of sulfonamides is 1. The highest BCUT2D eigenvalue weighted by molar-refractivity contribution is 7.89. The van der Waals surface area contributed by atoms with Crippen LogP contribution in [-0.2, 0) is 14.8 Å². The van der Waals surface area contributed by atoms with E-state index in [1.165, 1.54) is 25.1 Å². The fourth-order valence-electron chi connectivity index (χ4n) is 1.55. The third kappa shape index (κ3) is 2.96. The van der Waals surface area contributed by atoms with Crippen molar-refractivity contribution in [2.24, 2.45) is 5.73 Å². The van der Waals surface area contributed by atoms with Crippen LogP contribution in [0.5, 0.6) is 11.5 Å². The normalized spacial score (nSPS) is 15.8. The molecule has 0 bridgehead atoms. The topological polar surface area (TPSA) is 108 Å². The summed E-state index contributed by atoms with van der Waals surface area (Å²) in [5, 5.41) is 0. The third-order valence-electron chi connectivity index (χ3n) is 2.58. The van der Waals surface area contributed by atoms with E-state index in [0.717, 1.165) is 0 Å². The fraction of sp³-hybridized carbons (Fsp3) is 0.364. The Morgan fingerprint density at radius 1 is 1.32 bits per heavy atom. The molecule has 0 aliphatic carbocycles. The average Bonchev–Trinajstić information content (AvgIpc) is 2.37. The predicted octanol–water partition coefficient (Wildman–Crippen LogP) is -0.390. The van der Waals surface area contributed by atoms with E-state index in [1.54, 1.807) is 0 Å². The molecule has 0 saturated heterocycles. The van der Waals surface area contributed by atoms with Crippen LogP contribution >= 0.6 is 0 Å². The van der Waals surface area contributed by atoms with Gasteiger partial charge in [0.25, 0.3) is 0 Å². The molecule has 8 heteroatoms. The van der Waals surface area contributed by atoms with Gasteiger partial charge in [-0.05, 0) is 19.1 Å². The van der Waals surface area contributed by atoms with Crippen molar-refractivity contribution in [2.75, 3.05) is 13.2 Å². The molecule has 0 spiro atoms. The van der Waals surface area contributed by atoms with Crippen LogP contribution in [0.25, 0.3) is 0 Å². The number of amides is 1. The number of rotatable bonds is 4. The van der Waals surface area contributed by atoms with Gasteiger partial charge in [-0.15, -0.1) is 0 Å². The first-order valence-electron chi connectivity index (χ1n) is 5.61. The monoisotopic (exact) mass is 286 g/mol. The van der Waals surface area contributed by atoms with Gasteiger partial charge in [0.2, 0.25) is 15.9 Å². The molecule has 0 radical (unpaired) electrons. The minimum atomic E-state index is -3.82. The zero-order valence-electron chi connectivity index (χ0n) is 10.3. The summed E-state index contributed by atoms with van der Waals surface area (Å²) in [5.41, 5.74) is 5.02. The van der Waals surface area contributed by atoms with Crippen LogP contribution in [-0.4, -0.2) is 33.6 Å². The minimum Gasteiger partial charge on any atom is -0.486 e. The minimum absolute atomic E-state index is 0.00940. The maximum atomic E-state index is 12.0. The molecule has 1 atom stereocenters. The molecule has 2 rings (SSSR count). The van der Waals surface area contributed by atoms with E-state index in [-0.39, 0.29) is 4.90 Å². The Morgan fingerprint density at radius 2 is 1.95 bits per heavy atom. The number of ether oxygens (including phenoxy) is 2. The molecule has 0 fully saturated rings. The smallest absolute Gasteiger partial charge is 0.241 e. The van der Waals surface area contributed by atoms with Gasteiger partial charge in [0.05, 0.1) is 10.9 Å². The van der Waals surface area contributed by atoms with E-state index >= 15 is 0 Å². The standard InChI is InChI=1S/C11H14N2O5S/c1-7(11(12)14)13-19(15,16)8-2-3-9-10(6-8)18-5-4-17-9/h2-3,6-7,13H,4-5H2,1H3,(H2,12,14). The molecule has 1 aliphatic heterocycles. The summed E-state index contributed by atoms with van der Waals surface area (Å²) < 4.78 is 36.8. The van der Waals surface area contributed by atoms with Crippen molar-refractivity contribution in [1.82, 2.24) is 4.72 Å². The lowest BCUT2D eigenvalue weighted by atomic mass is 10.3. The van der Waals surface area contributed by atoms with Crippen molar-refractivity contribution in [3.8, 4) is 11.5 Å². The van der Waals surface area contributed by atoms with Gasteiger partial charge in [0.15, 0.2) is 11.5 Å². The maximum Gasteiger partial charge on any atom is 0.241 e. The molecule has 0 aromatic heterocycles. The van der Waals surface area contributed by atoms with Gasteiger partial charge in [-0.3, -0.25) is 4.79 Å². The summed E-state index contributed by atoms with van der Waals surface area (Å²) >= 11 is 0. The van der Waals surface area contributed by atoms with Crippen molar-refractivity contribution in [3.05, 3.63) is 18.2 Å². The second-order valence-electron chi connectivity index (χ2n) is 4.05. The second-order valence-corrected chi connectivity index (χ2v) is 5.76. The number of carbonyl (C=O) groups is 1. The molecule has 1 amide bonds. The van der Waals surface area contributed by atoms with Crippen molar-refractivity contribution in [3.63, 3.8) is 0 Å². The molecule has 1 aliphatic rings. The van der Waals surface area contributed by atoms with Crippen LogP contribution < -0.4 is 19.9 Å². The molecule has 7 nitrogen and oxygen atoms in total. The Bertz CT molecular complexity index is 599. The molecular weight excluding hydrogens is 272 g/mol. The first-order valence-corrected chi connectivity index (χ1v) is 7.10. The molecule has 19 heavy (non-hydrogen) atoms. The summed E-state index contributed by atoms with van der Waals surface area (Å²) in [7, 11) is -3.82. The quantitative estimate of drug-likeness (QED) is 0.783.